The minimum Gasteiger partial charge on any atom is -0.377 e. The van der Waals surface area contributed by atoms with Crippen molar-refractivity contribution in [2.45, 2.75) is 13.0 Å². The fourth-order valence-corrected chi connectivity index (χ4v) is 2.32. The molecule has 1 saturated heterocycles. The molecule has 17 heavy (non-hydrogen) atoms. The van der Waals surface area contributed by atoms with Crippen molar-refractivity contribution >= 4 is 28.5 Å². The van der Waals surface area contributed by atoms with Gasteiger partial charge in [0.05, 0.1) is 24.6 Å². The molecule has 1 atom stereocenters. The van der Waals surface area contributed by atoms with E-state index in [1.165, 1.54) is 0 Å². The average molecular weight is 253 g/mol. The van der Waals surface area contributed by atoms with E-state index in [0.29, 0.717) is 12.6 Å². The van der Waals surface area contributed by atoms with Crippen LogP contribution in [0.3, 0.4) is 0 Å². The first-order valence-electron chi connectivity index (χ1n) is 5.61. The molecule has 6 heteroatoms. The van der Waals surface area contributed by atoms with Gasteiger partial charge in [0.2, 0.25) is 5.28 Å². The number of H-pyrrole nitrogens is 1. The Kier molecular flexibility index (Phi) is 2.64. The molecule has 1 aliphatic rings. The van der Waals surface area contributed by atoms with Crippen LogP contribution in [0.4, 0.5) is 5.82 Å². The second-order valence-corrected chi connectivity index (χ2v) is 4.51. The van der Waals surface area contributed by atoms with Crippen molar-refractivity contribution in [3.05, 3.63) is 17.5 Å². The molecule has 90 valence electrons. The van der Waals surface area contributed by atoms with Gasteiger partial charge in [0, 0.05) is 12.7 Å². The van der Waals surface area contributed by atoms with Crippen molar-refractivity contribution in [3.63, 3.8) is 0 Å². The second-order valence-electron chi connectivity index (χ2n) is 4.17. The maximum Gasteiger partial charge on any atom is 0.226 e. The Balaban J connectivity index is 2.11. The maximum absolute atomic E-state index is 5.95. The fraction of sp³-hybridized carbons (Fsp3) is 0.455. The number of rotatable bonds is 1. The highest BCUT2D eigenvalue weighted by Gasteiger charge is 2.23. The molecular weight excluding hydrogens is 240 g/mol. The van der Waals surface area contributed by atoms with Crippen LogP contribution in [0.2, 0.25) is 5.28 Å². The van der Waals surface area contributed by atoms with E-state index in [1.54, 1.807) is 0 Å². The van der Waals surface area contributed by atoms with Crippen molar-refractivity contribution < 1.29 is 4.74 Å². The summed E-state index contributed by atoms with van der Waals surface area (Å²) in [6.45, 7) is 4.38. The predicted octanol–water partition coefficient (Wildman–Crippen LogP) is 1.84. The Hall–Kier alpha value is -1.33. The van der Waals surface area contributed by atoms with Crippen molar-refractivity contribution in [2.75, 3.05) is 24.7 Å². The molecule has 0 aromatic carbocycles. The molecule has 0 radical (unpaired) electrons. The van der Waals surface area contributed by atoms with Gasteiger partial charge in [-0.2, -0.15) is 9.97 Å². The maximum atomic E-state index is 5.95. The number of halogens is 1. The SMILES string of the molecule is CC1COCCN1c1nc(Cl)nc2[nH]ccc12. The van der Waals surface area contributed by atoms with Crippen molar-refractivity contribution in [1.82, 2.24) is 15.0 Å². The molecule has 0 spiro atoms. The molecular formula is C11H13ClN4O. The van der Waals surface area contributed by atoms with Crippen LogP contribution >= 0.6 is 11.6 Å². The van der Waals surface area contributed by atoms with Crippen LogP contribution in [0.5, 0.6) is 0 Å². The summed E-state index contributed by atoms with van der Waals surface area (Å²) in [4.78, 5) is 13.8. The van der Waals surface area contributed by atoms with Crippen molar-refractivity contribution in [1.29, 1.82) is 0 Å². The Morgan fingerprint density at radius 3 is 3.24 bits per heavy atom. The molecule has 1 N–H and O–H groups in total. The highest BCUT2D eigenvalue weighted by molar-refractivity contribution is 6.28. The minimum absolute atomic E-state index is 0.272. The van der Waals surface area contributed by atoms with E-state index < -0.39 is 0 Å². The number of aromatic nitrogens is 3. The molecule has 3 heterocycles. The van der Waals surface area contributed by atoms with Gasteiger partial charge in [-0.1, -0.05) is 0 Å². The zero-order valence-electron chi connectivity index (χ0n) is 9.48. The second kappa shape index (κ2) is 4.16. The van der Waals surface area contributed by atoms with E-state index in [4.69, 9.17) is 16.3 Å². The quantitative estimate of drug-likeness (QED) is 0.787. The van der Waals surface area contributed by atoms with Crippen LogP contribution in [0.25, 0.3) is 11.0 Å². The standard InChI is InChI=1S/C11H13ClN4O/c1-7-6-17-5-4-16(7)10-8-2-3-13-9(8)14-11(12)15-10/h2-3,7H,4-6H2,1H3,(H,13,14,15). The molecule has 0 saturated carbocycles. The summed E-state index contributed by atoms with van der Waals surface area (Å²) in [5.41, 5.74) is 0.777. The summed E-state index contributed by atoms with van der Waals surface area (Å²) in [6, 6.07) is 2.27. The lowest BCUT2D eigenvalue weighted by molar-refractivity contribution is 0.0987. The van der Waals surface area contributed by atoms with Gasteiger partial charge in [-0.05, 0) is 24.6 Å². The highest BCUT2D eigenvalue weighted by atomic mass is 35.5. The Morgan fingerprint density at radius 1 is 1.53 bits per heavy atom. The molecule has 2 aromatic rings. The normalized spacial score (nSPS) is 21.1. The van der Waals surface area contributed by atoms with E-state index in [9.17, 15) is 0 Å². The number of hydrogen-bond donors (Lipinski definition) is 1. The van der Waals surface area contributed by atoms with Crippen LogP contribution in [-0.2, 0) is 4.74 Å². The van der Waals surface area contributed by atoms with E-state index in [0.717, 1.165) is 30.0 Å². The molecule has 1 fully saturated rings. The van der Waals surface area contributed by atoms with Gasteiger partial charge in [-0.3, -0.25) is 0 Å². The van der Waals surface area contributed by atoms with Gasteiger partial charge in [0.15, 0.2) is 0 Å². The number of anilines is 1. The number of morpholine rings is 1. The third-order valence-corrected chi connectivity index (χ3v) is 3.18. The van der Waals surface area contributed by atoms with Gasteiger partial charge >= 0.3 is 0 Å². The van der Waals surface area contributed by atoms with Gasteiger partial charge < -0.3 is 14.6 Å². The van der Waals surface area contributed by atoms with Gasteiger partial charge in [0.1, 0.15) is 11.5 Å². The van der Waals surface area contributed by atoms with Crippen LogP contribution in [0.1, 0.15) is 6.92 Å². The van der Waals surface area contributed by atoms with Crippen LogP contribution in [-0.4, -0.2) is 40.8 Å². The Labute approximate surface area is 104 Å². The molecule has 5 nitrogen and oxygen atoms in total. The number of hydrogen-bond acceptors (Lipinski definition) is 4. The molecule has 3 rings (SSSR count). The highest BCUT2D eigenvalue weighted by Crippen LogP contribution is 2.27. The van der Waals surface area contributed by atoms with E-state index in [1.807, 2.05) is 12.3 Å². The number of nitrogens with zero attached hydrogens (tertiary/aromatic N) is 3. The average Bonchev–Trinajstić information content (AvgIpc) is 2.76. The lowest BCUT2D eigenvalue weighted by Gasteiger charge is -2.34. The van der Waals surface area contributed by atoms with Crippen molar-refractivity contribution in [3.8, 4) is 0 Å². The zero-order chi connectivity index (χ0) is 11.8. The van der Waals surface area contributed by atoms with E-state index >= 15 is 0 Å². The topological polar surface area (TPSA) is 54.0 Å². The minimum atomic E-state index is 0.272. The third kappa shape index (κ3) is 1.85. The smallest absolute Gasteiger partial charge is 0.226 e. The van der Waals surface area contributed by atoms with Gasteiger partial charge in [-0.15, -0.1) is 0 Å². The summed E-state index contributed by atoms with van der Waals surface area (Å²) in [7, 11) is 0. The first kappa shape index (κ1) is 10.8. The molecule has 2 aromatic heterocycles. The van der Waals surface area contributed by atoms with Crippen LogP contribution < -0.4 is 4.90 Å². The van der Waals surface area contributed by atoms with Crippen molar-refractivity contribution in [2.24, 2.45) is 0 Å². The Morgan fingerprint density at radius 2 is 2.41 bits per heavy atom. The molecule has 1 unspecified atom stereocenters. The van der Waals surface area contributed by atoms with Crippen LogP contribution in [0, 0.1) is 0 Å². The fourth-order valence-electron chi connectivity index (χ4n) is 2.16. The Bertz CT molecular complexity index is 541. The largest absolute Gasteiger partial charge is 0.377 e. The monoisotopic (exact) mass is 252 g/mol. The molecule has 0 amide bonds. The first-order valence-corrected chi connectivity index (χ1v) is 5.98. The zero-order valence-corrected chi connectivity index (χ0v) is 10.2. The number of aromatic amines is 1. The first-order chi connectivity index (χ1) is 8.25. The van der Waals surface area contributed by atoms with Gasteiger partial charge in [0.25, 0.3) is 0 Å². The molecule has 0 bridgehead atoms. The van der Waals surface area contributed by atoms with Crippen LogP contribution in [0.15, 0.2) is 12.3 Å². The summed E-state index contributed by atoms with van der Waals surface area (Å²) in [6.07, 6.45) is 1.85. The number of ether oxygens (including phenoxy) is 1. The van der Waals surface area contributed by atoms with E-state index in [2.05, 4.69) is 26.8 Å². The summed E-state index contributed by atoms with van der Waals surface area (Å²) < 4.78 is 5.43. The molecule has 0 aliphatic carbocycles. The predicted molar refractivity (Wildman–Crippen MR) is 66.5 cm³/mol. The summed E-state index contributed by atoms with van der Waals surface area (Å²) in [5.74, 6) is 0.886. The van der Waals surface area contributed by atoms with Gasteiger partial charge in [-0.25, -0.2) is 0 Å². The summed E-state index contributed by atoms with van der Waals surface area (Å²) in [5, 5.41) is 1.27. The number of nitrogens with one attached hydrogen (secondary N) is 1. The number of fused-ring (bicyclic) bond motifs is 1. The lowest BCUT2D eigenvalue weighted by Crippen LogP contribution is -2.44. The van der Waals surface area contributed by atoms with E-state index in [-0.39, 0.29) is 5.28 Å². The lowest BCUT2D eigenvalue weighted by atomic mass is 10.2. The third-order valence-electron chi connectivity index (χ3n) is 3.01. The molecule has 1 aliphatic heterocycles. The summed E-state index contributed by atoms with van der Waals surface area (Å²) >= 11 is 5.95.